The fraction of sp³-hybridized carbons (Fsp3) is 0.125. The quantitative estimate of drug-likeness (QED) is 0.771. The summed E-state index contributed by atoms with van der Waals surface area (Å²) in [6.07, 6.45) is 0. The Bertz CT molecular complexity index is 851. The van der Waals surface area contributed by atoms with Crippen molar-refractivity contribution >= 4 is 11.8 Å². The van der Waals surface area contributed by atoms with E-state index in [1.807, 2.05) is 47.1 Å². The van der Waals surface area contributed by atoms with Crippen LogP contribution in [0, 0.1) is 0 Å². The van der Waals surface area contributed by atoms with E-state index in [0.29, 0.717) is 5.75 Å². The third-order valence-electron chi connectivity index (χ3n) is 3.64. The molecule has 0 fully saturated rings. The molecule has 1 aliphatic rings. The van der Waals surface area contributed by atoms with Gasteiger partial charge in [0.1, 0.15) is 5.37 Å². The van der Waals surface area contributed by atoms with E-state index >= 15 is 0 Å². The highest BCUT2D eigenvalue weighted by molar-refractivity contribution is 7.99. The van der Waals surface area contributed by atoms with Gasteiger partial charge in [0.05, 0.1) is 7.11 Å². The number of fused-ring (bicyclic) bond motifs is 1. The number of rotatable bonds is 3. The van der Waals surface area contributed by atoms with Gasteiger partial charge in [0, 0.05) is 5.56 Å². The zero-order valence-corrected chi connectivity index (χ0v) is 13.1. The van der Waals surface area contributed by atoms with Crippen molar-refractivity contribution in [3.8, 4) is 22.9 Å². The summed E-state index contributed by atoms with van der Waals surface area (Å²) in [7, 11) is 1.54. The van der Waals surface area contributed by atoms with E-state index in [1.54, 1.807) is 17.8 Å². The first-order chi connectivity index (χ1) is 11.3. The van der Waals surface area contributed by atoms with Crippen LogP contribution in [0.5, 0.6) is 11.5 Å². The topological polar surface area (TPSA) is 72.2 Å². The van der Waals surface area contributed by atoms with E-state index in [4.69, 9.17) is 4.74 Å². The van der Waals surface area contributed by atoms with Gasteiger partial charge in [-0.1, -0.05) is 48.2 Å². The smallest absolute Gasteiger partial charge is 0.212 e. The molecule has 0 spiro atoms. The van der Waals surface area contributed by atoms with Gasteiger partial charge in [-0.15, -0.1) is 10.2 Å². The number of aromatic hydroxyl groups is 1. The third-order valence-corrected chi connectivity index (χ3v) is 4.73. The molecular formula is C16H14N4O2S. The van der Waals surface area contributed by atoms with E-state index in [-0.39, 0.29) is 11.1 Å². The van der Waals surface area contributed by atoms with Crippen LogP contribution in [0.25, 0.3) is 11.4 Å². The largest absolute Gasteiger partial charge is 0.504 e. The molecule has 4 rings (SSSR count). The van der Waals surface area contributed by atoms with Crippen molar-refractivity contribution in [2.75, 3.05) is 12.5 Å². The molecule has 7 heteroatoms. The summed E-state index contributed by atoms with van der Waals surface area (Å²) in [5.74, 6) is 1.36. The molecule has 1 aromatic heterocycles. The zero-order chi connectivity index (χ0) is 15.8. The van der Waals surface area contributed by atoms with Crippen molar-refractivity contribution in [2.45, 2.75) is 10.5 Å². The Morgan fingerprint density at radius 3 is 2.78 bits per heavy atom. The second-order valence-electron chi connectivity index (χ2n) is 5.07. The third kappa shape index (κ3) is 2.39. The van der Waals surface area contributed by atoms with Crippen LogP contribution in [0.2, 0.25) is 0 Å². The molecule has 2 N–H and O–H groups in total. The SMILES string of the molecule is COc1cc(C2Nn3c(nnc3-c3ccccc3)S2)ccc1O. The van der Waals surface area contributed by atoms with Crippen LogP contribution in [0.1, 0.15) is 10.9 Å². The number of benzene rings is 2. The first-order valence-electron chi connectivity index (χ1n) is 7.07. The fourth-order valence-electron chi connectivity index (χ4n) is 2.49. The first-order valence-corrected chi connectivity index (χ1v) is 7.95. The molecule has 0 amide bonds. The van der Waals surface area contributed by atoms with Crippen LogP contribution >= 0.6 is 11.8 Å². The number of methoxy groups -OCH3 is 1. The molecule has 23 heavy (non-hydrogen) atoms. The Kier molecular flexibility index (Phi) is 3.34. The minimum absolute atomic E-state index is 0.0162. The summed E-state index contributed by atoms with van der Waals surface area (Å²) >= 11 is 1.57. The maximum Gasteiger partial charge on any atom is 0.212 e. The van der Waals surface area contributed by atoms with Gasteiger partial charge in [0.25, 0.3) is 0 Å². The first kappa shape index (κ1) is 14.0. The molecule has 0 saturated heterocycles. The maximum atomic E-state index is 9.72. The van der Waals surface area contributed by atoms with Gasteiger partial charge in [-0.05, 0) is 17.7 Å². The number of nitrogens with zero attached hydrogens (tertiary/aromatic N) is 3. The lowest BCUT2D eigenvalue weighted by Crippen LogP contribution is -2.13. The van der Waals surface area contributed by atoms with Crippen LogP contribution in [-0.4, -0.2) is 27.1 Å². The normalized spacial score (nSPS) is 16.0. The lowest BCUT2D eigenvalue weighted by molar-refractivity contribution is 0.373. The lowest BCUT2D eigenvalue weighted by atomic mass is 10.2. The summed E-state index contributed by atoms with van der Waals surface area (Å²) in [6.45, 7) is 0. The summed E-state index contributed by atoms with van der Waals surface area (Å²) in [5.41, 5.74) is 5.38. The van der Waals surface area contributed by atoms with Gasteiger partial charge in [-0.25, -0.2) is 4.68 Å². The number of hydrogen-bond acceptors (Lipinski definition) is 6. The van der Waals surface area contributed by atoms with Crippen LogP contribution in [0.15, 0.2) is 53.7 Å². The molecule has 0 bridgehead atoms. The summed E-state index contributed by atoms with van der Waals surface area (Å²) in [5, 5.41) is 19.0. The van der Waals surface area contributed by atoms with Crippen molar-refractivity contribution in [2.24, 2.45) is 0 Å². The van der Waals surface area contributed by atoms with Crippen molar-refractivity contribution in [3.05, 3.63) is 54.1 Å². The Morgan fingerprint density at radius 2 is 2.00 bits per heavy atom. The maximum absolute atomic E-state index is 9.72. The molecule has 0 radical (unpaired) electrons. The highest BCUT2D eigenvalue weighted by atomic mass is 32.2. The van der Waals surface area contributed by atoms with Crippen molar-refractivity contribution < 1.29 is 9.84 Å². The minimum atomic E-state index is -0.0162. The number of ether oxygens (including phenoxy) is 1. The average molecular weight is 326 g/mol. The van der Waals surface area contributed by atoms with Crippen LogP contribution < -0.4 is 10.2 Å². The van der Waals surface area contributed by atoms with Crippen LogP contribution in [0.3, 0.4) is 0 Å². The van der Waals surface area contributed by atoms with Gasteiger partial charge in [-0.3, -0.25) is 0 Å². The van der Waals surface area contributed by atoms with Gasteiger partial charge in [0.2, 0.25) is 5.16 Å². The monoisotopic (exact) mass is 326 g/mol. The zero-order valence-electron chi connectivity index (χ0n) is 12.3. The molecular weight excluding hydrogens is 312 g/mol. The summed E-state index contributed by atoms with van der Waals surface area (Å²) in [6, 6.07) is 15.2. The Balaban J connectivity index is 1.65. The van der Waals surface area contributed by atoms with Crippen molar-refractivity contribution in [1.29, 1.82) is 0 Å². The van der Waals surface area contributed by atoms with E-state index in [9.17, 15) is 5.11 Å². The lowest BCUT2D eigenvalue weighted by Gasteiger charge is -2.13. The van der Waals surface area contributed by atoms with Gasteiger partial charge in [0.15, 0.2) is 17.3 Å². The van der Waals surface area contributed by atoms with Crippen LogP contribution in [0.4, 0.5) is 0 Å². The second-order valence-corrected chi connectivity index (χ2v) is 6.14. The molecule has 1 aliphatic heterocycles. The fourth-order valence-corrected chi connectivity index (χ4v) is 3.47. The predicted molar refractivity (Wildman–Crippen MR) is 88.1 cm³/mol. The summed E-state index contributed by atoms with van der Waals surface area (Å²) < 4.78 is 7.07. The number of aromatic nitrogens is 3. The molecule has 2 heterocycles. The molecule has 3 aromatic rings. The Hall–Kier alpha value is -2.67. The molecule has 1 atom stereocenters. The average Bonchev–Trinajstić information content (AvgIpc) is 3.16. The van der Waals surface area contributed by atoms with E-state index in [1.165, 1.54) is 7.11 Å². The molecule has 0 aliphatic carbocycles. The number of phenolic OH excluding ortho intramolecular Hbond substituents is 1. The Morgan fingerprint density at radius 1 is 1.17 bits per heavy atom. The van der Waals surface area contributed by atoms with Crippen molar-refractivity contribution in [3.63, 3.8) is 0 Å². The standard InChI is InChI=1S/C16H14N4O2S/c1-22-13-9-11(7-8-12(13)21)15-19-20-14(17-18-16(20)23-15)10-5-3-2-4-6-10/h2-9,15,19,21H,1H3. The number of thioether (sulfide) groups is 1. The summed E-state index contributed by atoms with van der Waals surface area (Å²) in [4.78, 5) is 0. The molecule has 116 valence electrons. The minimum Gasteiger partial charge on any atom is -0.504 e. The van der Waals surface area contributed by atoms with E-state index in [0.717, 1.165) is 22.1 Å². The van der Waals surface area contributed by atoms with Gasteiger partial charge in [-0.2, -0.15) is 0 Å². The van der Waals surface area contributed by atoms with Gasteiger partial charge < -0.3 is 15.3 Å². The molecule has 1 unspecified atom stereocenters. The number of hydrogen-bond donors (Lipinski definition) is 2. The second kappa shape index (κ2) is 5.51. The number of phenols is 1. The molecule has 6 nitrogen and oxygen atoms in total. The highest BCUT2D eigenvalue weighted by Gasteiger charge is 2.28. The molecule has 2 aromatic carbocycles. The van der Waals surface area contributed by atoms with Gasteiger partial charge >= 0.3 is 0 Å². The van der Waals surface area contributed by atoms with E-state index in [2.05, 4.69) is 15.6 Å². The Labute approximate surface area is 137 Å². The van der Waals surface area contributed by atoms with Crippen molar-refractivity contribution in [1.82, 2.24) is 14.9 Å². The van der Waals surface area contributed by atoms with E-state index < -0.39 is 0 Å². The molecule has 0 saturated carbocycles. The predicted octanol–water partition coefficient (Wildman–Crippen LogP) is 3.01. The number of nitrogens with one attached hydrogen (secondary N) is 1. The highest BCUT2D eigenvalue weighted by Crippen LogP contribution is 2.42. The van der Waals surface area contributed by atoms with Crippen LogP contribution in [-0.2, 0) is 0 Å².